The average molecular weight is 283 g/mol. The Morgan fingerprint density at radius 1 is 0.905 bits per heavy atom. The van der Waals surface area contributed by atoms with Crippen LogP contribution in [0.15, 0.2) is 24.3 Å². The first-order valence-electron chi connectivity index (χ1n) is 8.64. The first-order valence-corrected chi connectivity index (χ1v) is 8.64. The molecule has 1 aromatic carbocycles. The Bertz CT molecular complexity index is 571. The summed E-state index contributed by atoms with van der Waals surface area (Å²) in [6.45, 7) is 6.74. The summed E-state index contributed by atoms with van der Waals surface area (Å²) in [6.07, 6.45) is 9.98. The molecule has 0 spiro atoms. The third kappa shape index (κ3) is 4.30. The highest BCUT2D eigenvalue weighted by molar-refractivity contribution is 5.85. The van der Waals surface area contributed by atoms with Crippen LogP contribution in [-0.2, 0) is 12.8 Å². The largest absolute Gasteiger partial charge is 0.253 e. The number of pyridine rings is 1. The van der Waals surface area contributed by atoms with Gasteiger partial charge >= 0.3 is 0 Å². The van der Waals surface area contributed by atoms with Gasteiger partial charge < -0.3 is 0 Å². The van der Waals surface area contributed by atoms with Gasteiger partial charge in [-0.15, -0.1) is 0 Å². The SMILES string of the molecule is CCCCCc1cc(C)c2cccc(CCCCC)c2n1. The molecule has 1 nitrogen and oxygen atoms in total. The Morgan fingerprint density at radius 2 is 1.62 bits per heavy atom. The molecule has 0 aliphatic carbocycles. The van der Waals surface area contributed by atoms with Crippen molar-refractivity contribution in [2.24, 2.45) is 0 Å². The van der Waals surface area contributed by atoms with E-state index in [0.717, 1.165) is 12.8 Å². The summed E-state index contributed by atoms with van der Waals surface area (Å²) in [5.41, 5.74) is 5.33. The summed E-state index contributed by atoms with van der Waals surface area (Å²) in [4.78, 5) is 4.99. The fourth-order valence-electron chi connectivity index (χ4n) is 3.00. The quantitative estimate of drug-likeness (QED) is 0.541. The van der Waals surface area contributed by atoms with Crippen molar-refractivity contribution in [3.63, 3.8) is 0 Å². The Balaban J connectivity index is 2.27. The normalized spacial score (nSPS) is 11.2. The third-order valence-corrected chi connectivity index (χ3v) is 4.27. The topological polar surface area (TPSA) is 12.9 Å². The van der Waals surface area contributed by atoms with Gasteiger partial charge in [-0.05, 0) is 49.8 Å². The van der Waals surface area contributed by atoms with Crippen LogP contribution >= 0.6 is 0 Å². The van der Waals surface area contributed by atoms with Gasteiger partial charge in [0.2, 0.25) is 0 Å². The highest BCUT2D eigenvalue weighted by Crippen LogP contribution is 2.23. The zero-order valence-corrected chi connectivity index (χ0v) is 13.9. The van der Waals surface area contributed by atoms with E-state index >= 15 is 0 Å². The van der Waals surface area contributed by atoms with Crippen LogP contribution in [0.3, 0.4) is 0 Å². The van der Waals surface area contributed by atoms with Gasteiger partial charge in [0.05, 0.1) is 5.52 Å². The van der Waals surface area contributed by atoms with Crippen molar-refractivity contribution in [1.29, 1.82) is 0 Å². The van der Waals surface area contributed by atoms with Gasteiger partial charge in [-0.2, -0.15) is 0 Å². The lowest BCUT2D eigenvalue weighted by Crippen LogP contribution is -1.97. The molecule has 2 aromatic rings. The maximum Gasteiger partial charge on any atom is 0.0739 e. The van der Waals surface area contributed by atoms with Crippen LogP contribution in [0.2, 0.25) is 0 Å². The highest BCUT2D eigenvalue weighted by Gasteiger charge is 2.07. The second-order valence-electron chi connectivity index (χ2n) is 6.16. The second kappa shape index (κ2) is 8.17. The number of aromatic nitrogens is 1. The molecule has 0 aliphatic rings. The molecule has 114 valence electrons. The number of unbranched alkanes of at least 4 members (excludes halogenated alkanes) is 4. The number of aryl methyl sites for hydroxylation is 3. The van der Waals surface area contributed by atoms with Crippen LogP contribution in [0, 0.1) is 6.92 Å². The predicted molar refractivity (Wildman–Crippen MR) is 92.9 cm³/mol. The van der Waals surface area contributed by atoms with Gasteiger partial charge in [0, 0.05) is 11.1 Å². The Hall–Kier alpha value is -1.37. The summed E-state index contributed by atoms with van der Waals surface area (Å²) >= 11 is 0. The number of benzene rings is 1. The molecule has 0 N–H and O–H groups in total. The molecule has 0 atom stereocenters. The van der Waals surface area contributed by atoms with Crippen LogP contribution in [-0.4, -0.2) is 4.98 Å². The Kier molecular flexibility index (Phi) is 6.22. The summed E-state index contributed by atoms with van der Waals surface area (Å²) in [6, 6.07) is 8.96. The molecular formula is C20H29N. The minimum atomic E-state index is 1.12. The average Bonchev–Trinajstić information content (AvgIpc) is 2.48. The number of para-hydroxylation sites is 1. The van der Waals surface area contributed by atoms with Crippen LogP contribution < -0.4 is 0 Å². The molecule has 0 radical (unpaired) electrons. The fourth-order valence-corrected chi connectivity index (χ4v) is 3.00. The van der Waals surface area contributed by atoms with Crippen LogP contribution in [0.4, 0.5) is 0 Å². The van der Waals surface area contributed by atoms with Gasteiger partial charge in [-0.1, -0.05) is 57.7 Å². The van der Waals surface area contributed by atoms with Gasteiger partial charge in [0.25, 0.3) is 0 Å². The van der Waals surface area contributed by atoms with Crippen molar-refractivity contribution in [2.45, 2.75) is 72.1 Å². The first kappa shape index (κ1) is 16.0. The van der Waals surface area contributed by atoms with E-state index in [9.17, 15) is 0 Å². The van der Waals surface area contributed by atoms with Crippen molar-refractivity contribution in [3.05, 3.63) is 41.1 Å². The zero-order valence-electron chi connectivity index (χ0n) is 13.9. The molecule has 0 unspecified atom stereocenters. The molecule has 0 bridgehead atoms. The number of fused-ring (bicyclic) bond motifs is 1. The van der Waals surface area contributed by atoms with Crippen molar-refractivity contribution in [3.8, 4) is 0 Å². The standard InChI is InChI=1S/C20H29N/c1-4-6-8-11-17-12-10-14-19-16(3)15-18(21-20(17)19)13-9-7-5-2/h10,12,14-15H,4-9,11,13H2,1-3H3. The number of hydrogen-bond acceptors (Lipinski definition) is 1. The lowest BCUT2D eigenvalue weighted by molar-refractivity contribution is 0.707. The van der Waals surface area contributed by atoms with E-state index in [1.54, 1.807) is 0 Å². The van der Waals surface area contributed by atoms with Crippen LogP contribution in [0.1, 0.15) is 69.2 Å². The summed E-state index contributed by atoms with van der Waals surface area (Å²) < 4.78 is 0. The van der Waals surface area contributed by atoms with E-state index in [1.807, 2.05) is 0 Å². The number of nitrogens with zero attached hydrogens (tertiary/aromatic N) is 1. The minimum absolute atomic E-state index is 1.12. The first-order chi connectivity index (χ1) is 10.3. The third-order valence-electron chi connectivity index (χ3n) is 4.27. The summed E-state index contributed by atoms with van der Waals surface area (Å²) in [5, 5.41) is 1.34. The lowest BCUT2D eigenvalue weighted by atomic mass is 10.00. The summed E-state index contributed by atoms with van der Waals surface area (Å²) in [7, 11) is 0. The molecule has 0 fully saturated rings. The molecule has 21 heavy (non-hydrogen) atoms. The molecule has 0 saturated heterocycles. The number of hydrogen-bond donors (Lipinski definition) is 0. The second-order valence-corrected chi connectivity index (χ2v) is 6.16. The van der Waals surface area contributed by atoms with Crippen molar-refractivity contribution in [2.75, 3.05) is 0 Å². The smallest absolute Gasteiger partial charge is 0.0739 e. The monoisotopic (exact) mass is 283 g/mol. The Morgan fingerprint density at radius 3 is 2.33 bits per heavy atom. The van der Waals surface area contributed by atoms with E-state index in [0.29, 0.717) is 0 Å². The van der Waals surface area contributed by atoms with Gasteiger partial charge in [-0.3, -0.25) is 4.98 Å². The molecule has 0 amide bonds. The summed E-state index contributed by atoms with van der Waals surface area (Å²) in [5.74, 6) is 0. The van der Waals surface area contributed by atoms with Crippen molar-refractivity contribution in [1.82, 2.24) is 4.98 Å². The van der Waals surface area contributed by atoms with E-state index in [-0.39, 0.29) is 0 Å². The van der Waals surface area contributed by atoms with E-state index in [1.165, 1.54) is 66.2 Å². The van der Waals surface area contributed by atoms with E-state index < -0.39 is 0 Å². The van der Waals surface area contributed by atoms with E-state index in [2.05, 4.69) is 45.0 Å². The van der Waals surface area contributed by atoms with E-state index in [4.69, 9.17) is 4.98 Å². The minimum Gasteiger partial charge on any atom is -0.253 e. The van der Waals surface area contributed by atoms with Gasteiger partial charge in [-0.25, -0.2) is 0 Å². The predicted octanol–water partition coefficient (Wildman–Crippen LogP) is 6.01. The molecule has 0 saturated carbocycles. The van der Waals surface area contributed by atoms with Gasteiger partial charge in [0.1, 0.15) is 0 Å². The molecule has 1 heteroatoms. The Labute approximate surface area is 129 Å². The molecule has 1 aromatic heterocycles. The van der Waals surface area contributed by atoms with Crippen molar-refractivity contribution >= 4 is 10.9 Å². The van der Waals surface area contributed by atoms with Crippen LogP contribution in [0.25, 0.3) is 10.9 Å². The molecule has 0 aliphatic heterocycles. The maximum atomic E-state index is 4.99. The van der Waals surface area contributed by atoms with Crippen LogP contribution in [0.5, 0.6) is 0 Å². The number of rotatable bonds is 8. The lowest BCUT2D eigenvalue weighted by Gasteiger charge is -2.10. The van der Waals surface area contributed by atoms with Crippen molar-refractivity contribution < 1.29 is 0 Å². The maximum absolute atomic E-state index is 4.99. The fraction of sp³-hybridized carbons (Fsp3) is 0.550. The molecule has 2 rings (SSSR count). The molecule has 1 heterocycles. The zero-order chi connectivity index (χ0) is 15.1. The highest BCUT2D eigenvalue weighted by atomic mass is 14.7. The van der Waals surface area contributed by atoms with Gasteiger partial charge in [0.15, 0.2) is 0 Å². The molecular weight excluding hydrogens is 254 g/mol.